The molecule has 0 fully saturated rings. The van der Waals surface area contributed by atoms with E-state index in [0.717, 1.165) is 16.8 Å². The smallest absolute Gasteiger partial charge is 0.288 e. The van der Waals surface area contributed by atoms with E-state index in [1.165, 1.54) is 5.56 Å². The van der Waals surface area contributed by atoms with Gasteiger partial charge in [-0.05, 0) is 66.3 Å². The summed E-state index contributed by atoms with van der Waals surface area (Å²) in [5.74, 6) is -0.000972. The Morgan fingerprint density at radius 1 is 0.906 bits per heavy atom. The Hall–Kier alpha value is -2.40. The van der Waals surface area contributed by atoms with Crippen molar-refractivity contribution in [1.82, 2.24) is 0 Å². The van der Waals surface area contributed by atoms with Crippen molar-refractivity contribution in [2.45, 2.75) is 40.0 Å². The fourth-order valence-corrected chi connectivity index (χ4v) is 4.06. The molecule has 3 nitrogen and oxygen atoms in total. The molecule has 0 aliphatic heterocycles. The van der Waals surface area contributed by atoms with Crippen LogP contribution < -0.4 is 9.88 Å². The molecule has 32 heavy (non-hydrogen) atoms. The van der Waals surface area contributed by atoms with E-state index in [4.69, 9.17) is 35.4 Å². The summed E-state index contributed by atoms with van der Waals surface area (Å²) in [6.45, 7) is 10.5. The molecule has 3 rings (SSSR count). The van der Waals surface area contributed by atoms with Crippen molar-refractivity contribution >= 4 is 57.6 Å². The standard InChI is InChI=1S/C26H26Cl2N2OS/c1-16-12-17(2)14-20(13-16)29-25(32)23(24(31)18-6-7-21(27)22(28)15-18)30-10-8-19(9-11-30)26(3,4)5/h6-15H,1-5H3,(H-,29,31,32)/p+1. The van der Waals surface area contributed by atoms with E-state index in [2.05, 4.69) is 32.2 Å². The number of hydrogen-bond acceptors (Lipinski definition) is 2. The molecular formula is C26H27Cl2N2OS+. The van der Waals surface area contributed by atoms with Crippen molar-refractivity contribution in [3.63, 3.8) is 0 Å². The van der Waals surface area contributed by atoms with Gasteiger partial charge in [0.25, 0.3) is 5.70 Å². The van der Waals surface area contributed by atoms with Gasteiger partial charge in [0.1, 0.15) is 0 Å². The summed E-state index contributed by atoms with van der Waals surface area (Å²) in [5.41, 5.74) is 5.25. The fourth-order valence-electron chi connectivity index (χ4n) is 3.44. The lowest BCUT2D eigenvalue weighted by molar-refractivity contribution is -0.575. The van der Waals surface area contributed by atoms with Gasteiger partial charge in [-0.3, -0.25) is 0 Å². The first kappa shape index (κ1) is 24.2. The lowest BCUT2D eigenvalue weighted by Gasteiger charge is -2.18. The maximum atomic E-state index is 11.3. The van der Waals surface area contributed by atoms with Gasteiger partial charge >= 0.3 is 0 Å². The van der Waals surface area contributed by atoms with Crippen LogP contribution in [0.5, 0.6) is 0 Å². The average Bonchev–Trinajstić information content (AvgIpc) is 2.69. The highest BCUT2D eigenvalue weighted by Gasteiger charge is 2.25. The SMILES string of the molecule is Cc1cc(C)cc(NC(=S)/C(=C(\O)c2ccc(Cl)c(Cl)c2)[n+]2ccc(C(C)(C)C)cc2)c1. The molecule has 0 bridgehead atoms. The van der Waals surface area contributed by atoms with Crippen LogP contribution in [-0.2, 0) is 5.41 Å². The highest BCUT2D eigenvalue weighted by molar-refractivity contribution is 7.81. The molecule has 0 atom stereocenters. The summed E-state index contributed by atoms with van der Waals surface area (Å²) in [5, 5.41) is 15.3. The zero-order valence-electron chi connectivity index (χ0n) is 18.8. The van der Waals surface area contributed by atoms with E-state index in [9.17, 15) is 5.11 Å². The molecule has 0 spiro atoms. The minimum Gasteiger partial charge on any atom is -0.502 e. The third-order valence-electron chi connectivity index (χ3n) is 5.07. The zero-order chi connectivity index (χ0) is 23.6. The fraction of sp³-hybridized carbons (Fsp3) is 0.231. The lowest BCUT2D eigenvalue weighted by atomic mass is 9.88. The summed E-state index contributed by atoms with van der Waals surface area (Å²) in [4.78, 5) is 0.382. The first-order chi connectivity index (χ1) is 15.0. The molecule has 0 saturated carbocycles. The Morgan fingerprint density at radius 2 is 1.50 bits per heavy atom. The van der Waals surface area contributed by atoms with Crippen LogP contribution in [0.4, 0.5) is 5.69 Å². The number of aliphatic hydroxyl groups is 1. The molecule has 0 aliphatic rings. The number of aryl methyl sites for hydroxylation is 2. The minimum atomic E-state index is -0.000972. The van der Waals surface area contributed by atoms with Gasteiger partial charge < -0.3 is 10.4 Å². The number of aliphatic hydroxyl groups excluding tert-OH is 1. The Kier molecular flexibility index (Phi) is 7.29. The van der Waals surface area contributed by atoms with Crippen molar-refractivity contribution in [2.24, 2.45) is 0 Å². The normalized spacial score (nSPS) is 12.3. The molecule has 0 amide bonds. The van der Waals surface area contributed by atoms with Crippen LogP contribution in [0.1, 0.15) is 43.0 Å². The van der Waals surface area contributed by atoms with Gasteiger partial charge in [-0.2, -0.15) is 4.57 Å². The van der Waals surface area contributed by atoms with E-state index >= 15 is 0 Å². The molecule has 2 aromatic carbocycles. The second-order valence-electron chi connectivity index (χ2n) is 8.90. The summed E-state index contributed by atoms with van der Waals surface area (Å²) in [6.07, 6.45) is 3.80. The van der Waals surface area contributed by atoms with Crippen LogP contribution >= 0.6 is 35.4 Å². The van der Waals surface area contributed by atoms with Crippen molar-refractivity contribution in [3.05, 3.63) is 93.2 Å². The number of benzene rings is 2. The number of pyridine rings is 1. The Morgan fingerprint density at radius 3 is 2.03 bits per heavy atom. The summed E-state index contributed by atoms with van der Waals surface area (Å²) < 4.78 is 1.81. The Balaban J connectivity index is 2.11. The molecule has 0 unspecified atom stereocenters. The molecule has 1 aromatic heterocycles. The largest absolute Gasteiger partial charge is 0.502 e. The molecule has 166 valence electrons. The number of nitrogens with zero attached hydrogens (tertiary/aromatic N) is 1. The van der Waals surface area contributed by atoms with Crippen molar-refractivity contribution in [2.75, 3.05) is 5.32 Å². The van der Waals surface area contributed by atoms with Gasteiger partial charge in [0.15, 0.2) is 23.1 Å². The highest BCUT2D eigenvalue weighted by atomic mass is 35.5. The van der Waals surface area contributed by atoms with E-state index in [1.54, 1.807) is 18.2 Å². The topological polar surface area (TPSA) is 36.1 Å². The molecule has 6 heteroatoms. The molecule has 2 N–H and O–H groups in total. The number of rotatable bonds is 4. The predicted molar refractivity (Wildman–Crippen MR) is 140 cm³/mol. The predicted octanol–water partition coefficient (Wildman–Crippen LogP) is 7.52. The number of aromatic nitrogens is 1. The third-order valence-corrected chi connectivity index (χ3v) is 6.10. The second-order valence-corrected chi connectivity index (χ2v) is 10.1. The maximum Gasteiger partial charge on any atom is 0.288 e. The third kappa shape index (κ3) is 5.69. The zero-order valence-corrected chi connectivity index (χ0v) is 21.2. The van der Waals surface area contributed by atoms with E-state index in [0.29, 0.717) is 26.3 Å². The Labute approximate surface area is 205 Å². The average molecular weight is 486 g/mol. The maximum absolute atomic E-state index is 11.3. The first-order valence-electron chi connectivity index (χ1n) is 10.3. The van der Waals surface area contributed by atoms with Crippen LogP contribution in [0.3, 0.4) is 0 Å². The van der Waals surface area contributed by atoms with Crippen LogP contribution in [-0.4, -0.2) is 10.1 Å². The van der Waals surface area contributed by atoms with Gasteiger partial charge in [-0.25, -0.2) is 0 Å². The van der Waals surface area contributed by atoms with Gasteiger partial charge in [0, 0.05) is 23.4 Å². The summed E-state index contributed by atoms with van der Waals surface area (Å²) in [6, 6.07) is 15.2. The van der Waals surface area contributed by atoms with Gasteiger partial charge in [-0.1, -0.05) is 62.3 Å². The number of anilines is 1. The monoisotopic (exact) mass is 485 g/mol. The van der Waals surface area contributed by atoms with E-state index in [-0.39, 0.29) is 11.2 Å². The van der Waals surface area contributed by atoms with Crippen LogP contribution in [0.15, 0.2) is 60.9 Å². The van der Waals surface area contributed by atoms with E-state index in [1.807, 2.05) is 55.1 Å². The van der Waals surface area contributed by atoms with Crippen molar-refractivity contribution in [3.8, 4) is 0 Å². The van der Waals surface area contributed by atoms with Crippen LogP contribution in [0.25, 0.3) is 11.5 Å². The van der Waals surface area contributed by atoms with Crippen molar-refractivity contribution in [1.29, 1.82) is 0 Å². The number of halogens is 2. The molecule has 1 heterocycles. The van der Waals surface area contributed by atoms with Crippen molar-refractivity contribution < 1.29 is 9.67 Å². The van der Waals surface area contributed by atoms with Crippen LogP contribution in [0.2, 0.25) is 10.0 Å². The molecular weight excluding hydrogens is 459 g/mol. The number of hydrogen-bond donors (Lipinski definition) is 2. The van der Waals surface area contributed by atoms with Gasteiger partial charge in [0.2, 0.25) is 0 Å². The highest BCUT2D eigenvalue weighted by Crippen LogP contribution is 2.28. The summed E-state index contributed by atoms with van der Waals surface area (Å²) in [7, 11) is 0. The molecule has 0 radical (unpaired) electrons. The quantitative estimate of drug-likeness (QED) is 0.173. The Bertz CT molecular complexity index is 1180. The minimum absolute atomic E-state index is 0.000972. The lowest BCUT2D eigenvalue weighted by Crippen LogP contribution is -2.39. The molecule has 0 aliphatic carbocycles. The first-order valence-corrected chi connectivity index (χ1v) is 11.4. The molecule has 0 saturated heterocycles. The van der Waals surface area contributed by atoms with E-state index < -0.39 is 0 Å². The van der Waals surface area contributed by atoms with Crippen LogP contribution in [0, 0.1) is 13.8 Å². The van der Waals surface area contributed by atoms with Gasteiger partial charge in [0.05, 0.1) is 10.0 Å². The number of thiocarbonyl (C=S) groups is 1. The number of nitrogens with one attached hydrogen (secondary N) is 1. The van der Waals surface area contributed by atoms with Gasteiger partial charge in [-0.15, -0.1) is 0 Å². The molecule has 3 aromatic rings. The second kappa shape index (κ2) is 9.62. The summed E-state index contributed by atoms with van der Waals surface area (Å²) >= 11 is 18.0.